The van der Waals surface area contributed by atoms with Gasteiger partial charge in [-0.15, -0.1) is 0 Å². The van der Waals surface area contributed by atoms with E-state index in [1.807, 2.05) is 66.9 Å². The van der Waals surface area contributed by atoms with Crippen LogP contribution in [0.1, 0.15) is 35.0 Å². The highest BCUT2D eigenvalue weighted by atomic mass is 32.1. The Morgan fingerprint density at radius 3 is 2.75 bits per heavy atom. The zero-order valence-electron chi connectivity index (χ0n) is 17.5. The third-order valence-corrected chi connectivity index (χ3v) is 6.90. The number of amides is 2. The minimum absolute atomic E-state index is 0.0218. The van der Waals surface area contributed by atoms with Crippen molar-refractivity contribution in [3.63, 3.8) is 0 Å². The summed E-state index contributed by atoms with van der Waals surface area (Å²) in [6.45, 7) is 2.48. The Kier molecular flexibility index (Phi) is 5.19. The summed E-state index contributed by atoms with van der Waals surface area (Å²) in [4.78, 5) is 29.5. The molecule has 32 heavy (non-hydrogen) atoms. The average Bonchev–Trinajstić information content (AvgIpc) is 3.31. The maximum atomic E-state index is 12.8. The number of rotatable bonds is 6. The fraction of sp³-hybridized carbons (Fsp3) is 0.200. The summed E-state index contributed by atoms with van der Waals surface area (Å²) in [5, 5.41) is 7.00. The van der Waals surface area contributed by atoms with Crippen LogP contribution in [-0.2, 0) is 16.8 Å². The SMILES string of the molecule is C[C@]1(c2ccc(C(=O)NCc3ccccn3)cc2)CC1C(=O)Nc1ccc2cnsc2c1. The van der Waals surface area contributed by atoms with E-state index in [2.05, 4.69) is 26.9 Å². The molecule has 2 heterocycles. The van der Waals surface area contributed by atoms with Gasteiger partial charge in [-0.05, 0) is 66.0 Å². The number of carbonyl (C=O) groups is 2. The standard InChI is InChI=1S/C25H22N4O2S/c1-25(13-21(25)24(31)29-19-10-7-17-14-28-32-22(17)12-19)18-8-5-16(6-9-18)23(30)27-15-20-4-2-3-11-26-20/h2-12,14,21H,13,15H2,1H3,(H,27,30)(H,29,31)/t21?,25-/m1/s1. The highest BCUT2D eigenvalue weighted by Gasteiger charge is 2.55. The van der Waals surface area contributed by atoms with Crippen molar-refractivity contribution < 1.29 is 9.59 Å². The lowest BCUT2D eigenvalue weighted by molar-refractivity contribution is -0.117. The molecule has 6 nitrogen and oxygen atoms in total. The fourth-order valence-corrected chi connectivity index (χ4v) is 4.70. The van der Waals surface area contributed by atoms with Crippen LogP contribution < -0.4 is 10.6 Å². The van der Waals surface area contributed by atoms with E-state index in [-0.39, 0.29) is 23.1 Å². The first-order chi connectivity index (χ1) is 15.5. The lowest BCUT2D eigenvalue weighted by Gasteiger charge is -2.13. The van der Waals surface area contributed by atoms with Gasteiger partial charge in [0.1, 0.15) is 0 Å². The average molecular weight is 443 g/mol. The van der Waals surface area contributed by atoms with E-state index >= 15 is 0 Å². The molecular formula is C25H22N4O2S. The molecular weight excluding hydrogens is 420 g/mol. The Morgan fingerprint density at radius 1 is 1.12 bits per heavy atom. The van der Waals surface area contributed by atoms with Gasteiger partial charge in [-0.1, -0.05) is 25.1 Å². The number of benzene rings is 2. The summed E-state index contributed by atoms with van der Waals surface area (Å²) in [5.41, 5.74) is 3.04. The summed E-state index contributed by atoms with van der Waals surface area (Å²) in [6.07, 6.45) is 4.32. The van der Waals surface area contributed by atoms with Gasteiger partial charge in [0.15, 0.2) is 0 Å². The molecule has 2 amide bonds. The molecule has 4 aromatic rings. The lowest BCUT2D eigenvalue weighted by atomic mass is 9.94. The minimum Gasteiger partial charge on any atom is -0.346 e. The minimum atomic E-state index is -0.221. The number of anilines is 1. The number of carbonyl (C=O) groups excluding carboxylic acids is 2. The van der Waals surface area contributed by atoms with E-state index in [0.717, 1.165) is 33.5 Å². The van der Waals surface area contributed by atoms with E-state index < -0.39 is 0 Å². The predicted octanol–water partition coefficient (Wildman–Crippen LogP) is 4.54. The van der Waals surface area contributed by atoms with Crippen molar-refractivity contribution in [1.82, 2.24) is 14.7 Å². The molecule has 0 bridgehead atoms. The zero-order chi connectivity index (χ0) is 22.1. The largest absolute Gasteiger partial charge is 0.346 e. The number of fused-ring (bicyclic) bond motifs is 1. The molecule has 0 aliphatic heterocycles. The molecule has 7 heteroatoms. The lowest BCUT2D eigenvalue weighted by Crippen LogP contribution is -2.23. The van der Waals surface area contributed by atoms with Crippen LogP contribution in [0.25, 0.3) is 10.1 Å². The van der Waals surface area contributed by atoms with Gasteiger partial charge in [-0.25, -0.2) is 0 Å². The van der Waals surface area contributed by atoms with Crippen LogP contribution in [0.2, 0.25) is 0 Å². The van der Waals surface area contributed by atoms with E-state index in [1.54, 1.807) is 6.20 Å². The number of hydrogen-bond acceptors (Lipinski definition) is 5. The van der Waals surface area contributed by atoms with E-state index in [9.17, 15) is 9.59 Å². The van der Waals surface area contributed by atoms with Crippen molar-refractivity contribution in [1.29, 1.82) is 0 Å². The monoisotopic (exact) mass is 442 g/mol. The number of nitrogens with zero attached hydrogens (tertiary/aromatic N) is 2. The Balaban J connectivity index is 1.21. The molecule has 0 radical (unpaired) electrons. The first kappa shape index (κ1) is 20.3. The normalized spacial score (nSPS) is 19.5. The second kappa shape index (κ2) is 8.16. The molecule has 1 unspecified atom stereocenters. The summed E-state index contributed by atoms with van der Waals surface area (Å²) in [7, 11) is 0. The molecule has 1 saturated carbocycles. The van der Waals surface area contributed by atoms with Gasteiger partial charge < -0.3 is 10.6 Å². The summed E-state index contributed by atoms with van der Waals surface area (Å²) >= 11 is 1.42. The van der Waals surface area contributed by atoms with Gasteiger partial charge >= 0.3 is 0 Å². The highest BCUT2D eigenvalue weighted by Crippen LogP contribution is 2.54. The van der Waals surface area contributed by atoms with Gasteiger partial charge in [0.25, 0.3) is 5.91 Å². The molecule has 160 valence electrons. The van der Waals surface area contributed by atoms with Crippen molar-refractivity contribution in [2.45, 2.75) is 25.3 Å². The quantitative estimate of drug-likeness (QED) is 0.459. The van der Waals surface area contributed by atoms with E-state index in [1.165, 1.54) is 11.5 Å². The van der Waals surface area contributed by atoms with Crippen molar-refractivity contribution in [3.05, 3.63) is 89.9 Å². The van der Waals surface area contributed by atoms with Crippen molar-refractivity contribution >= 4 is 39.1 Å². The van der Waals surface area contributed by atoms with E-state index in [0.29, 0.717) is 12.1 Å². The van der Waals surface area contributed by atoms with Gasteiger partial charge in [-0.3, -0.25) is 14.6 Å². The van der Waals surface area contributed by atoms with Gasteiger partial charge in [0.2, 0.25) is 5.91 Å². The van der Waals surface area contributed by atoms with Crippen molar-refractivity contribution in [3.8, 4) is 0 Å². The number of pyridine rings is 1. The van der Waals surface area contributed by atoms with Crippen LogP contribution in [0.4, 0.5) is 5.69 Å². The second-order valence-corrected chi connectivity index (χ2v) is 9.16. The van der Waals surface area contributed by atoms with Crippen LogP contribution in [0.3, 0.4) is 0 Å². The van der Waals surface area contributed by atoms with Crippen LogP contribution >= 0.6 is 11.5 Å². The topological polar surface area (TPSA) is 84.0 Å². The molecule has 5 rings (SSSR count). The second-order valence-electron chi connectivity index (χ2n) is 8.32. The van der Waals surface area contributed by atoms with Gasteiger partial charge in [-0.2, -0.15) is 4.37 Å². The molecule has 2 N–H and O–H groups in total. The molecule has 2 aromatic heterocycles. The molecule has 1 fully saturated rings. The van der Waals surface area contributed by atoms with Crippen molar-refractivity contribution in [2.75, 3.05) is 5.32 Å². The van der Waals surface area contributed by atoms with Crippen LogP contribution in [0, 0.1) is 5.92 Å². The first-order valence-corrected chi connectivity index (χ1v) is 11.2. The molecule has 1 aliphatic rings. The van der Waals surface area contributed by atoms with E-state index in [4.69, 9.17) is 0 Å². The molecule has 2 aromatic carbocycles. The highest BCUT2D eigenvalue weighted by molar-refractivity contribution is 7.13. The molecule has 0 spiro atoms. The van der Waals surface area contributed by atoms with Gasteiger partial charge in [0, 0.05) is 40.4 Å². The smallest absolute Gasteiger partial charge is 0.251 e. The number of nitrogens with one attached hydrogen (secondary N) is 2. The Labute approximate surface area is 189 Å². The maximum absolute atomic E-state index is 12.8. The molecule has 2 atom stereocenters. The summed E-state index contributed by atoms with van der Waals surface area (Å²) < 4.78 is 5.23. The Hall–Kier alpha value is -3.58. The zero-order valence-corrected chi connectivity index (χ0v) is 18.4. The molecule has 1 aliphatic carbocycles. The molecule has 0 saturated heterocycles. The Bertz CT molecular complexity index is 1290. The van der Waals surface area contributed by atoms with Crippen LogP contribution in [-0.4, -0.2) is 21.2 Å². The Morgan fingerprint density at radius 2 is 1.97 bits per heavy atom. The third kappa shape index (κ3) is 3.99. The maximum Gasteiger partial charge on any atom is 0.251 e. The first-order valence-electron chi connectivity index (χ1n) is 10.5. The summed E-state index contributed by atoms with van der Waals surface area (Å²) in [6, 6.07) is 19.0. The third-order valence-electron chi connectivity index (χ3n) is 6.14. The van der Waals surface area contributed by atoms with Crippen LogP contribution in [0.15, 0.2) is 73.1 Å². The fourth-order valence-electron chi connectivity index (χ4n) is 4.01. The summed E-state index contributed by atoms with van der Waals surface area (Å²) in [5.74, 6) is -0.215. The predicted molar refractivity (Wildman–Crippen MR) is 126 cm³/mol. The number of aromatic nitrogens is 2. The number of hydrogen-bond donors (Lipinski definition) is 2. The van der Waals surface area contributed by atoms with Crippen molar-refractivity contribution in [2.24, 2.45) is 5.92 Å². The van der Waals surface area contributed by atoms with Crippen LogP contribution in [0.5, 0.6) is 0 Å². The van der Waals surface area contributed by atoms with Gasteiger partial charge in [0.05, 0.1) is 16.9 Å².